The molecule has 1 heterocycles. The Morgan fingerprint density at radius 2 is 1.88 bits per heavy atom. The zero-order chi connectivity index (χ0) is 17.4. The van der Waals surface area contributed by atoms with Crippen molar-refractivity contribution in [2.24, 2.45) is 5.73 Å². The van der Waals surface area contributed by atoms with Gasteiger partial charge in [0.1, 0.15) is 31.0 Å². The topological polar surface area (TPSA) is 151 Å². The number of nitrogens with one attached hydrogen (secondary N) is 1. The fourth-order valence-electron chi connectivity index (χ4n) is 2.22. The monoisotopic (exact) mass is 370 g/mol. The Morgan fingerprint density at radius 3 is 2.46 bits per heavy atom. The van der Waals surface area contributed by atoms with Crippen LogP contribution in [0.25, 0.3) is 0 Å². The van der Waals surface area contributed by atoms with Crippen molar-refractivity contribution in [2.45, 2.75) is 63.3 Å². The number of amides is 1. The lowest BCUT2D eigenvalue weighted by molar-refractivity contribution is -0.255. The molecule has 142 valence electrons. The second-order valence-corrected chi connectivity index (χ2v) is 5.46. The summed E-state index contributed by atoms with van der Waals surface area (Å²) in [6.07, 6.45) is -3.99. The van der Waals surface area contributed by atoms with Gasteiger partial charge < -0.3 is 35.8 Å². The normalized spacial score (nSPS) is 29.5. The van der Waals surface area contributed by atoms with Crippen LogP contribution in [0.4, 0.5) is 0 Å². The number of carbonyl (C=O) groups is 2. The maximum atomic E-state index is 11.6. The van der Waals surface area contributed by atoms with Crippen LogP contribution in [0, 0.1) is 0 Å². The number of nitrogens with two attached hydrogens (primary N) is 1. The number of hydrogen-bond donors (Lipinski definition) is 5. The molecule has 1 amide bonds. The second kappa shape index (κ2) is 11.6. The second-order valence-electron chi connectivity index (χ2n) is 5.46. The third-order valence-corrected chi connectivity index (χ3v) is 3.52. The minimum absolute atomic E-state index is 0. The van der Waals surface area contributed by atoms with Crippen molar-refractivity contribution < 1.29 is 34.4 Å². The summed E-state index contributed by atoms with van der Waals surface area (Å²) in [5.74, 6) is -0.869. The van der Waals surface area contributed by atoms with Crippen LogP contribution in [0.2, 0.25) is 0 Å². The first-order valence-corrected chi connectivity index (χ1v) is 7.75. The Labute approximate surface area is 146 Å². The lowest BCUT2D eigenvalue weighted by Crippen LogP contribution is -2.64. The van der Waals surface area contributed by atoms with Gasteiger partial charge in [-0.15, -0.1) is 12.4 Å². The molecular weight excluding hydrogens is 344 g/mol. The van der Waals surface area contributed by atoms with Gasteiger partial charge in [0.2, 0.25) is 5.91 Å². The third kappa shape index (κ3) is 6.88. The first kappa shape index (κ1) is 23.0. The highest BCUT2D eigenvalue weighted by Crippen LogP contribution is 2.20. The van der Waals surface area contributed by atoms with E-state index in [1.54, 1.807) is 0 Å². The maximum Gasteiger partial charge on any atom is 0.305 e. The minimum Gasteiger partial charge on any atom is -0.463 e. The zero-order valence-corrected chi connectivity index (χ0v) is 14.4. The molecule has 1 rings (SSSR count). The summed E-state index contributed by atoms with van der Waals surface area (Å²) in [6, 6.07) is -1.15. The van der Waals surface area contributed by atoms with Crippen LogP contribution in [0.3, 0.4) is 0 Å². The van der Waals surface area contributed by atoms with Gasteiger partial charge in [0, 0.05) is 12.8 Å². The molecule has 1 saturated heterocycles. The van der Waals surface area contributed by atoms with E-state index in [0.29, 0.717) is 19.4 Å². The number of rotatable bonds is 8. The van der Waals surface area contributed by atoms with Gasteiger partial charge in [0.15, 0.2) is 6.29 Å². The summed E-state index contributed by atoms with van der Waals surface area (Å²) in [6.45, 7) is 1.86. The highest BCUT2D eigenvalue weighted by atomic mass is 35.5. The third-order valence-electron chi connectivity index (χ3n) is 3.52. The number of ether oxygens (including phenoxy) is 2. The van der Waals surface area contributed by atoms with Gasteiger partial charge in [-0.3, -0.25) is 9.59 Å². The number of carbonyl (C=O) groups excluding carboxylic acids is 2. The van der Waals surface area contributed by atoms with Gasteiger partial charge in [-0.2, -0.15) is 0 Å². The molecule has 6 N–H and O–H groups in total. The van der Waals surface area contributed by atoms with Gasteiger partial charge in [-0.05, 0) is 19.4 Å². The lowest BCUT2D eigenvalue weighted by atomic mass is 9.97. The molecule has 0 aromatic carbocycles. The summed E-state index contributed by atoms with van der Waals surface area (Å²) in [4.78, 5) is 23.0. The Kier molecular flexibility index (Phi) is 11.1. The molecule has 1 aliphatic rings. The van der Waals surface area contributed by atoms with Crippen molar-refractivity contribution in [3.05, 3.63) is 0 Å². The molecule has 0 aliphatic carbocycles. The van der Waals surface area contributed by atoms with E-state index in [9.17, 15) is 24.9 Å². The molecule has 0 aromatic heterocycles. The SMILES string of the molecule is CCCC(=O)N[C@H]1C(O)O[C@H](COC(=O)CCCN)[C@@H](O)[C@@H]1O.Cl. The van der Waals surface area contributed by atoms with Crippen LogP contribution in [0.1, 0.15) is 32.6 Å². The van der Waals surface area contributed by atoms with E-state index in [-0.39, 0.29) is 37.8 Å². The van der Waals surface area contributed by atoms with E-state index in [1.165, 1.54) is 0 Å². The van der Waals surface area contributed by atoms with Crippen LogP contribution >= 0.6 is 12.4 Å². The molecule has 1 unspecified atom stereocenters. The van der Waals surface area contributed by atoms with Crippen molar-refractivity contribution in [3.8, 4) is 0 Å². The first-order chi connectivity index (χ1) is 10.9. The van der Waals surface area contributed by atoms with Crippen LogP contribution in [0.5, 0.6) is 0 Å². The van der Waals surface area contributed by atoms with Crippen LogP contribution in [-0.2, 0) is 19.1 Å². The number of hydrogen-bond acceptors (Lipinski definition) is 8. The maximum absolute atomic E-state index is 11.6. The Balaban J connectivity index is 0.00000529. The molecule has 0 radical (unpaired) electrons. The van der Waals surface area contributed by atoms with Crippen molar-refractivity contribution in [1.29, 1.82) is 0 Å². The summed E-state index contributed by atoms with van der Waals surface area (Å²) >= 11 is 0. The fraction of sp³-hybridized carbons (Fsp3) is 0.857. The van der Waals surface area contributed by atoms with E-state index < -0.39 is 36.6 Å². The Morgan fingerprint density at radius 1 is 1.21 bits per heavy atom. The van der Waals surface area contributed by atoms with Crippen LogP contribution < -0.4 is 11.1 Å². The largest absolute Gasteiger partial charge is 0.463 e. The minimum atomic E-state index is -1.51. The van der Waals surface area contributed by atoms with Gasteiger partial charge in [-0.1, -0.05) is 6.92 Å². The van der Waals surface area contributed by atoms with E-state index >= 15 is 0 Å². The number of halogens is 1. The van der Waals surface area contributed by atoms with Crippen LogP contribution in [0.15, 0.2) is 0 Å². The van der Waals surface area contributed by atoms with Gasteiger partial charge in [0.05, 0.1) is 0 Å². The summed E-state index contributed by atoms with van der Waals surface area (Å²) in [5.41, 5.74) is 5.28. The lowest BCUT2D eigenvalue weighted by Gasteiger charge is -2.40. The highest BCUT2D eigenvalue weighted by molar-refractivity contribution is 5.85. The van der Waals surface area contributed by atoms with Crippen molar-refractivity contribution in [3.63, 3.8) is 0 Å². The molecule has 1 fully saturated rings. The molecule has 0 aromatic rings. The van der Waals surface area contributed by atoms with Crippen molar-refractivity contribution in [2.75, 3.05) is 13.2 Å². The molecule has 24 heavy (non-hydrogen) atoms. The number of aliphatic hydroxyl groups excluding tert-OH is 3. The Bertz CT molecular complexity index is 399. The molecule has 0 bridgehead atoms. The molecule has 0 saturated carbocycles. The molecule has 5 atom stereocenters. The molecular formula is C14H27ClN2O7. The smallest absolute Gasteiger partial charge is 0.305 e. The van der Waals surface area contributed by atoms with Crippen molar-refractivity contribution in [1.82, 2.24) is 5.32 Å². The number of esters is 1. The standard InChI is InChI=1S/C14H26N2O7.ClH/c1-2-4-9(17)16-11-13(20)12(19)8(23-14(11)21)7-22-10(18)5-3-6-15;/h8,11-14,19-21H,2-7,15H2,1H3,(H,16,17);1H/t8-,11-,12-,13-,14?;/m1./s1. The first-order valence-electron chi connectivity index (χ1n) is 7.75. The average molecular weight is 371 g/mol. The van der Waals surface area contributed by atoms with E-state index in [0.717, 1.165) is 0 Å². The summed E-state index contributed by atoms with van der Waals surface area (Å²) in [5, 5.41) is 32.4. The summed E-state index contributed by atoms with van der Waals surface area (Å²) in [7, 11) is 0. The van der Waals surface area contributed by atoms with Gasteiger partial charge in [-0.25, -0.2) is 0 Å². The van der Waals surface area contributed by atoms with E-state index in [2.05, 4.69) is 5.32 Å². The Hall–Kier alpha value is -0.970. The highest BCUT2D eigenvalue weighted by Gasteiger charge is 2.44. The van der Waals surface area contributed by atoms with Gasteiger partial charge >= 0.3 is 5.97 Å². The van der Waals surface area contributed by atoms with Crippen LogP contribution in [-0.4, -0.2) is 71.0 Å². The quantitative estimate of drug-likeness (QED) is 0.321. The molecule has 1 aliphatic heterocycles. The number of aliphatic hydroxyl groups is 3. The average Bonchev–Trinajstić information content (AvgIpc) is 2.51. The predicted molar refractivity (Wildman–Crippen MR) is 86.2 cm³/mol. The zero-order valence-electron chi connectivity index (χ0n) is 13.6. The van der Waals surface area contributed by atoms with Crippen molar-refractivity contribution >= 4 is 24.3 Å². The summed E-state index contributed by atoms with van der Waals surface area (Å²) < 4.78 is 10.1. The predicted octanol–water partition coefficient (Wildman–Crippen LogP) is -1.59. The fourth-order valence-corrected chi connectivity index (χ4v) is 2.22. The van der Waals surface area contributed by atoms with Gasteiger partial charge in [0.25, 0.3) is 0 Å². The molecule has 9 nitrogen and oxygen atoms in total. The van der Waals surface area contributed by atoms with E-state index in [1.807, 2.05) is 6.92 Å². The van der Waals surface area contributed by atoms with E-state index in [4.69, 9.17) is 15.2 Å². The molecule has 10 heteroatoms. The molecule has 0 spiro atoms.